The van der Waals surface area contributed by atoms with Gasteiger partial charge in [0, 0.05) is 11.3 Å². The summed E-state index contributed by atoms with van der Waals surface area (Å²) in [7, 11) is 0. The summed E-state index contributed by atoms with van der Waals surface area (Å²) < 4.78 is 10.5. The zero-order chi connectivity index (χ0) is 13.8. The molecule has 1 atom stereocenters. The highest BCUT2D eigenvalue weighted by atomic mass is 32.1. The van der Waals surface area contributed by atoms with E-state index >= 15 is 0 Å². The number of rotatable bonds is 5. The lowest BCUT2D eigenvalue weighted by molar-refractivity contribution is -0.161. The van der Waals surface area contributed by atoms with E-state index in [-0.39, 0.29) is 12.0 Å². The first-order chi connectivity index (χ1) is 9.06. The van der Waals surface area contributed by atoms with E-state index in [2.05, 4.69) is 5.32 Å². The van der Waals surface area contributed by atoms with Gasteiger partial charge in [0.2, 0.25) is 0 Å². The minimum absolute atomic E-state index is 0.0257. The molecule has 6 heteroatoms. The average Bonchev–Trinajstić information content (AvgIpc) is 2.34. The molecule has 1 heterocycles. The van der Waals surface area contributed by atoms with Crippen molar-refractivity contribution in [1.82, 2.24) is 0 Å². The van der Waals surface area contributed by atoms with Crippen LogP contribution in [0.15, 0.2) is 24.3 Å². The lowest BCUT2D eigenvalue weighted by Gasteiger charge is -2.28. The van der Waals surface area contributed by atoms with E-state index in [4.69, 9.17) is 27.4 Å². The molecule has 0 aromatic heterocycles. The maximum absolute atomic E-state index is 11.9. The summed E-state index contributed by atoms with van der Waals surface area (Å²) in [6, 6.07) is 7.05. The number of nitrogens with one attached hydrogen (secondary N) is 1. The standard InChI is InChI=1S/C13H16N2O3S/c1-8(18-11-6-17-7-11)13(16)15-10-4-2-9(3-5-10)12(14)19/h2-5,8,11H,6-7H2,1H3,(H2,14,19)(H,15,16). The summed E-state index contributed by atoms with van der Waals surface area (Å²) in [6.07, 6.45) is -0.484. The van der Waals surface area contributed by atoms with Gasteiger partial charge in [0.1, 0.15) is 17.2 Å². The number of benzene rings is 1. The van der Waals surface area contributed by atoms with Gasteiger partial charge in [-0.25, -0.2) is 0 Å². The number of ether oxygens (including phenoxy) is 2. The van der Waals surface area contributed by atoms with E-state index in [1.807, 2.05) is 0 Å². The molecule has 1 aliphatic heterocycles. The minimum atomic E-state index is -0.510. The van der Waals surface area contributed by atoms with E-state index in [0.29, 0.717) is 23.9 Å². The van der Waals surface area contributed by atoms with Crippen LogP contribution in [-0.4, -0.2) is 36.3 Å². The van der Waals surface area contributed by atoms with Crippen molar-refractivity contribution in [2.45, 2.75) is 19.1 Å². The predicted molar refractivity (Wildman–Crippen MR) is 76.1 cm³/mol. The van der Waals surface area contributed by atoms with Crippen molar-refractivity contribution in [3.05, 3.63) is 29.8 Å². The average molecular weight is 280 g/mol. The molecule has 0 saturated carbocycles. The zero-order valence-corrected chi connectivity index (χ0v) is 11.4. The molecule has 1 saturated heterocycles. The smallest absolute Gasteiger partial charge is 0.253 e. The molecular formula is C13H16N2O3S. The molecule has 0 spiro atoms. The van der Waals surface area contributed by atoms with E-state index in [9.17, 15) is 4.79 Å². The van der Waals surface area contributed by atoms with Gasteiger partial charge in [0.15, 0.2) is 0 Å². The van der Waals surface area contributed by atoms with Gasteiger partial charge in [-0.3, -0.25) is 4.79 Å². The monoisotopic (exact) mass is 280 g/mol. The predicted octanol–water partition coefficient (Wildman–Crippen LogP) is 1.06. The van der Waals surface area contributed by atoms with Gasteiger partial charge < -0.3 is 20.5 Å². The molecule has 3 N–H and O–H groups in total. The van der Waals surface area contributed by atoms with Gasteiger partial charge in [0.05, 0.1) is 13.2 Å². The highest BCUT2D eigenvalue weighted by Gasteiger charge is 2.24. The fourth-order valence-corrected chi connectivity index (χ4v) is 1.74. The summed E-state index contributed by atoms with van der Waals surface area (Å²) in [5.74, 6) is -0.185. The molecule has 19 heavy (non-hydrogen) atoms. The van der Waals surface area contributed by atoms with Crippen LogP contribution in [0.1, 0.15) is 12.5 Å². The highest BCUT2D eigenvalue weighted by Crippen LogP contribution is 2.12. The van der Waals surface area contributed by atoms with Crippen molar-refractivity contribution < 1.29 is 14.3 Å². The molecule has 0 radical (unpaired) electrons. The Labute approximate surface area is 117 Å². The molecule has 1 aromatic rings. The van der Waals surface area contributed by atoms with Gasteiger partial charge >= 0.3 is 0 Å². The Hall–Kier alpha value is -1.50. The molecule has 1 aromatic carbocycles. The SMILES string of the molecule is CC(OC1COC1)C(=O)Nc1ccc(C(N)=S)cc1. The number of nitrogens with two attached hydrogens (primary N) is 1. The summed E-state index contributed by atoms with van der Waals surface area (Å²) in [6.45, 7) is 2.83. The molecule has 1 fully saturated rings. The topological polar surface area (TPSA) is 73.6 Å². The van der Waals surface area contributed by atoms with Crippen LogP contribution < -0.4 is 11.1 Å². The van der Waals surface area contributed by atoms with Crippen LogP contribution in [0.4, 0.5) is 5.69 Å². The maximum atomic E-state index is 11.9. The molecule has 0 bridgehead atoms. The normalized spacial score (nSPS) is 16.5. The largest absolute Gasteiger partial charge is 0.389 e. The van der Waals surface area contributed by atoms with Gasteiger partial charge in [-0.1, -0.05) is 12.2 Å². The van der Waals surface area contributed by atoms with Crippen molar-refractivity contribution in [2.75, 3.05) is 18.5 Å². The first kappa shape index (κ1) is 13.9. The van der Waals surface area contributed by atoms with Crippen LogP contribution in [0, 0.1) is 0 Å². The number of carbonyl (C=O) groups excluding carboxylic acids is 1. The lowest BCUT2D eigenvalue weighted by Crippen LogP contribution is -2.41. The fourth-order valence-electron chi connectivity index (χ4n) is 1.60. The van der Waals surface area contributed by atoms with Gasteiger partial charge in [0.25, 0.3) is 5.91 Å². The summed E-state index contributed by atoms with van der Waals surface area (Å²) in [4.78, 5) is 12.2. The quantitative estimate of drug-likeness (QED) is 0.789. The Morgan fingerprint density at radius 1 is 1.47 bits per heavy atom. The number of hydrogen-bond acceptors (Lipinski definition) is 4. The van der Waals surface area contributed by atoms with Crippen LogP contribution in [0.5, 0.6) is 0 Å². The van der Waals surface area contributed by atoms with Crippen molar-refractivity contribution in [3.63, 3.8) is 0 Å². The Morgan fingerprint density at radius 2 is 2.11 bits per heavy atom. The van der Waals surface area contributed by atoms with Gasteiger partial charge in [-0.05, 0) is 31.2 Å². The Balaban J connectivity index is 1.88. The van der Waals surface area contributed by atoms with Crippen LogP contribution >= 0.6 is 12.2 Å². The third kappa shape index (κ3) is 3.73. The Morgan fingerprint density at radius 3 is 2.58 bits per heavy atom. The van der Waals surface area contributed by atoms with Crippen LogP contribution in [-0.2, 0) is 14.3 Å². The summed E-state index contributed by atoms with van der Waals surface area (Å²) in [5, 5.41) is 2.77. The second kappa shape index (κ2) is 6.10. The van der Waals surface area contributed by atoms with Crippen molar-refractivity contribution in [3.8, 4) is 0 Å². The Kier molecular flexibility index (Phi) is 4.47. The number of carbonyl (C=O) groups is 1. The molecule has 1 unspecified atom stereocenters. The van der Waals surface area contributed by atoms with Crippen LogP contribution in [0.3, 0.4) is 0 Å². The van der Waals surface area contributed by atoms with E-state index in [0.717, 1.165) is 5.56 Å². The molecule has 1 amide bonds. The molecule has 5 nitrogen and oxygen atoms in total. The van der Waals surface area contributed by atoms with Crippen molar-refractivity contribution >= 4 is 28.8 Å². The van der Waals surface area contributed by atoms with Crippen molar-refractivity contribution in [1.29, 1.82) is 0 Å². The van der Waals surface area contributed by atoms with Gasteiger partial charge in [-0.2, -0.15) is 0 Å². The lowest BCUT2D eigenvalue weighted by atomic mass is 10.2. The second-order valence-electron chi connectivity index (χ2n) is 4.37. The van der Waals surface area contributed by atoms with E-state index in [1.54, 1.807) is 31.2 Å². The highest BCUT2D eigenvalue weighted by molar-refractivity contribution is 7.80. The molecule has 102 valence electrons. The second-order valence-corrected chi connectivity index (χ2v) is 4.81. The van der Waals surface area contributed by atoms with E-state index in [1.165, 1.54) is 0 Å². The summed E-state index contributed by atoms with van der Waals surface area (Å²) in [5.41, 5.74) is 6.96. The van der Waals surface area contributed by atoms with Gasteiger partial charge in [-0.15, -0.1) is 0 Å². The third-order valence-corrected chi connectivity index (χ3v) is 3.05. The van der Waals surface area contributed by atoms with Crippen LogP contribution in [0.2, 0.25) is 0 Å². The fraction of sp³-hybridized carbons (Fsp3) is 0.385. The maximum Gasteiger partial charge on any atom is 0.253 e. The number of anilines is 1. The number of hydrogen-bond donors (Lipinski definition) is 2. The first-order valence-corrected chi connectivity index (χ1v) is 6.41. The molecule has 0 aliphatic carbocycles. The summed E-state index contributed by atoms with van der Waals surface area (Å²) >= 11 is 4.86. The minimum Gasteiger partial charge on any atom is -0.389 e. The first-order valence-electron chi connectivity index (χ1n) is 6.00. The van der Waals surface area contributed by atoms with E-state index < -0.39 is 6.10 Å². The Bertz CT molecular complexity index is 471. The zero-order valence-electron chi connectivity index (χ0n) is 10.6. The molecular weight excluding hydrogens is 264 g/mol. The number of thiocarbonyl (C=S) groups is 1. The molecule has 1 aliphatic rings. The number of amides is 1. The third-order valence-electron chi connectivity index (χ3n) is 2.81. The molecule has 2 rings (SSSR count). The van der Waals surface area contributed by atoms with Crippen LogP contribution in [0.25, 0.3) is 0 Å². The van der Waals surface area contributed by atoms with Crippen molar-refractivity contribution in [2.24, 2.45) is 5.73 Å².